The smallest absolute Gasteiger partial charge is 0.338 e. The fraction of sp³-hybridized carbons (Fsp3) is 0.471. The molecular formula is C17H22N2O6S. The molecule has 26 heavy (non-hydrogen) atoms. The van der Waals surface area contributed by atoms with Crippen molar-refractivity contribution in [2.45, 2.75) is 44.0 Å². The number of nitrogens with zero attached hydrogens (tertiary/aromatic N) is 1. The molecule has 1 aliphatic heterocycles. The van der Waals surface area contributed by atoms with Crippen LogP contribution in [-0.2, 0) is 24.3 Å². The molecule has 8 nitrogen and oxygen atoms in total. The maximum atomic E-state index is 12.2. The molecule has 2 rings (SSSR count). The predicted molar refractivity (Wildman–Crippen MR) is 92.8 cm³/mol. The van der Waals surface area contributed by atoms with E-state index in [0.717, 1.165) is 4.90 Å². The summed E-state index contributed by atoms with van der Waals surface area (Å²) in [5.74, 6) is -1.60. The van der Waals surface area contributed by atoms with Crippen LogP contribution in [0.4, 0.5) is 0 Å². The maximum absolute atomic E-state index is 12.2. The summed E-state index contributed by atoms with van der Waals surface area (Å²) in [4.78, 5) is 36.4. The predicted octanol–water partition coefficient (Wildman–Crippen LogP) is 1.07. The van der Waals surface area contributed by atoms with Crippen LogP contribution in [0.5, 0.6) is 0 Å². The van der Waals surface area contributed by atoms with Gasteiger partial charge in [0.2, 0.25) is 15.9 Å². The minimum Gasteiger partial charge on any atom is -0.452 e. The zero-order valence-corrected chi connectivity index (χ0v) is 15.8. The van der Waals surface area contributed by atoms with E-state index in [1.807, 2.05) is 0 Å². The summed E-state index contributed by atoms with van der Waals surface area (Å²) in [6, 6.07) is 5.20. The van der Waals surface area contributed by atoms with Gasteiger partial charge in [0.05, 0.1) is 10.5 Å². The lowest BCUT2D eigenvalue weighted by molar-refractivity contribution is -0.143. The van der Waals surface area contributed by atoms with Gasteiger partial charge in [0.15, 0.2) is 6.61 Å². The summed E-state index contributed by atoms with van der Waals surface area (Å²) >= 11 is 0. The van der Waals surface area contributed by atoms with E-state index in [2.05, 4.69) is 4.72 Å². The lowest BCUT2D eigenvalue weighted by Gasteiger charge is -2.20. The molecule has 1 heterocycles. The molecule has 1 saturated heterocycles. The molecule has 0 bridgehead atoms. The van der Waals surface area contributed by atoms with Gasteiger partial charge in [-0.3, -0.25) is 14.5 Å². The maximum Gasteiger partial charge on any atom is 0.338 e. The molecule has 0 aromatic heterocycles. The van der Waals surface area contributed by atoms with Gasteiger partial charge in [0, 0.05) is 18.5 Å². The van der Waals surface area contributed by atoms with Gasteiger partial charge < -0.3 is 4.74 Å². The van der Waals surface area contributed by atoms with E-state index < -0.39 is 34.0 Å². The highest BCUT2D eigenvalue weighted by atomic mass is 32.2. The Bertz CT molecular complexity index is 809. The van der Waals surface area contributed by atoms with Crippen LogP contribution in [0.15, 0.2) is 29.2 Å². The first-order valence-electron chi connectivity index (χ1n) is 8.14. The van der Waals surface area contributed by atoms with Gasteiger partial charge in [-0.1, -0.05) is 0 Å². The van der Waals surface area contributed by atoms with E-state index in [1.54, 1.807) is 20.8 Å². The van der Waals surface area contributed by atoms with Gasteiger partial charge in [-0.25, -0.2) is 17.9 Å². The third-order valence-electron chi connectivity index (χ3n) is 3.54. The van der Waals surface area contributed by atoms with Gasteiger partial charge in [-0.15, -0.1) is 0 Å². The number of carbonyl (C=O) groups excluding carboxylic acids is 3. The van der Waals surface area contributed by atoms with E-state index in [1.165, 1.54) is 24.3 Å². The second-order valence-corrected chi connectivity index (χ2v) is 8.68. The first kappa shape index (κ1) is 20.1. The highest BCUT2D eigenvalue weighted by Gasteiger charge is 2.27. The molecule has 1 N–H and O–H groups in total. The first-order valence-corrected chi connectivity index (χ1v) is 9.62. The molecule has 1 aromatic rings. The number of benzene rings is 1. The Labute approximate surface area is 152 Å². The highest BCUT2D eigenvalue weighted by Crippen LogP contribution is 2.15. The molecule has 1 aliphatic rings. The van der Waals surface area contributed by atoms with E-state index in [0.29, 0.717) is 19.4 Å². The number of carbonyl (C=O) groups is 3. The van der Waals surface area contributed by atoms with E-state index in [9.17, 15) is 22.8 Å². The number of nitrogens with one attached hydrogen (secondary N) is 1. The standard InChI is InChI=1S/C17H22N2O6S/c1-17(2,3)18-26(23,24)13-8-6-12(7-9-13)16(22)25-11-15(21)19-10-4-5-14(19)20/h6-9,18H,4-5,10-11H2,1-3H3. The quantitative estimate of drug-likeness (QED) is 0.763. The molecule has 0 aliphatic carbocycles. The van der Waals surface area contributed by atoms with Crippen LogP contribution < -0.4 is 4.72 Å². The molecule has 0 saturated carbocycles. The third-order valence-corrected chi connectivity index (χ3v) is 5.32. The van der Waals surface area contributed by atoms with Crippen molar-refractivity contribution in [1.29, 1.82) is 0 Å². The minimum absolute atomic E-state index is 0.0164. The topological polar surface area (TPSA) is 110 Å². The summed E-state index contributed by atoms with van der Waals surface area (Å²) in [5.41, 5.74) is -0.524. The minimum atomic E-state index is -3.70. The molecule has 0 atom stereocenters. The number of esters is 1. The Balaban J connectivity index is 1.98. The van der Waals surface area contributed by atoms with Crippen LogP contribution in [0, 0.1) is 0 Å². The molecule has 142 valence electrons. The number of amides is 2. The van der Waals surface area contributed by atoms with Crippen LogP contribution in [0.2, 0.25) is 0 Å². The first-order chi connectivity index (χ1) is 12.0. The molecule has 0 spiro atoms. The van der Waals surface area contributed by atoms with Crippen molar-refractivity contribution in [3.8, 4) is 0 Å². The second-order valence-electron chi connectivity index (χ2n) is 7.00. The monoisotopic (exact) mass is 382 g/mol. The van der Waals surface area contributed by atoms with Crippen molar-refractivity contribution in [3.05, 3.63) is 29.8 Å². The number of rotatable bonds is 5. The van der Waals surface area contributed by atoms with Crippen LogP contribution in [0.3, 0.4) is 0 Å². The Morgan fingerprint density at radius 1 is 1.19 bits per heavy atom. The Hall–Kier alpha value is -2.26. The van der Waals surface area contributed by atoms with E-state index >= 15 is 0 Å². The van der Waals surface area contributed by atoms with Crippen molar-refractivity contribution < 1.29 is 27.5 Å². The SMILES string of the molecule is CC(C)(C)NS(=O)(=O)c1ccc(C(=O)OCC(=O)N2CCCC2=O)cc1. The molecule has 1 aromatic carbocycles. The van der Waals surface area contributed by atoms with Crippen LogP contribution in [0.25, 0.3) is 0 Å². The highest BCUT2D eigenvalue weighted by molar-refractivity contribution is 7.89. The molecule has 9 heteroatoms. The fourth-order valence-corrected chi connectivity index (χ4v) is 3.85. The Morgan fingerprint density at radius 2 is 1.81 bits per heavy atom. The zero-order chi connectivity index (χ0) is 19.5. The number of likely N-dealkylation sites (tertiary alicyclic amines) is 1. The Morgan fingerprint density at radius 3 is 2.31 bits per heavy atom. The summed E-state index contributed by atoms with van der Waals surface area (Å²) < 4.78 is 31.8. The lowest BCUT2D eigenvalue weighted by atomic mass is 10.1. The number of hydrogen-bond acceptors (Lipinski definition) is 6. The van der Waals surface area contributed by atoms with Crippen LogP contribution in [0.1, 0.15) is 44.0 Å². The van der Waals surface area contributed by atoms with E-state index in [4.69, 9.17) is 4.74 Å². The van der Waals surface area contributed by atoms with E-state index in [-0.39, 0.29) is 16.4 Å². The van der Waals surface area contributed by atoms with Gasteiger partial charge in [0.1, 0.15) is 0 Å². The number of ether oxygens (including phenoxy) is 1. The van der Waals surface area contributed by atoms with Crippen molar-refractivity contribution in [2.24, 2.45) is 0 Å². The zero-order valence-electron chi connectivity index (χ0n) is 14.9. The van der Waals surface area contributed by atoms with Gasteiger partial charge in [0.25, 0.3) is 5.91 Å². The number of imide groups is 1. The largest absolute Gasteiger partial charge is 0.452 e. The third kappa shape index (κ3) is 5.12. The number of hydrogen-bond donors (Lipinski definition) is 1. The average Bonchev–Trinajstić information content (AvgIpc) is 2.96. The van der Waals surface area contributed by atoms with Crippen molar-refractivity contribution in [3.63, 3.8) is 0 Å². The van der Waals surface area contributed by atoms with Crippen molar-refractivity contribution in [1.82, 2.24) is 9.62 Å². The van der Waals surface area contributed by atoms with Gasteiger partial charge in [-0.2, -0.15) is 0 Å². The summed E-state index contributed by atoms with van der Waals surface area (Å²) in [6.07, 6.45) is 0.926. The average molecular weight is 382 g/mol. The summed E-state index contributed by atoms with van der Waals surface area (Å²) in [5, 5.41) is 0. The summed E-state index contributed by atoms with van der Waals surface area (Å²) in [7, 11) is -3.70. The van der Waals surface area contributed by atoms with Crippen LogP contribution >= 0.6 is 0 Å². The van der Waals surface area contributed by atoms with Gasteiger partial charge >= 0.3 is 5.97 Å². The normalized spacial score (nSPS) is 15.2. The summed E-state index contributed by atoms with van der Waals surface area (Å²) in [6.45, 7) is 4.97. The second kappa shape index (κ2) is 7.55. The Kier molecular flexibility index (Phi) is 5.82. The molecular weight excluding hydrogens is 360 g/mol. The molecule has 0 unspecified atom stereocenters. The van der Waals surface area contributed by atoms with Gasteiger partial charge in [-0.05, 0) is 51.5 Å². The van der Waals surface area contributed by atoms with Crippen molar-refractivity contribution in [2.75, 3.05) is 13.2 Å². The number of sulfonamides is 1. The van der Waals surface area contributed by atoms with Crippen molar-refractivity contribution >= 4 is 27.8 Å². The molecule has 0 radical (unpaired) electrons. The lowest BCUT2D eigenvalue weighted by Crippen LogP contribution is -2.40. The van der Waals surface area contributed by atoms with Crippen LogP contribution in [-0.4, -0.2) is 49.8 Å². The molecule has 1 fully saturated rings. The molecule has 2 amide bonds. The fourth-order valence-electron chi connectivity index (χ4n) is 2.43.